The van der Waals surface area contributed by atoms with Crippen LogP contribution in [-0.2, 0) is 9.53 Å². The van der Waals surface area contributed by atoms with Gasteiger partial charge in [0.05, 0.1) is 24.1 Å². The number of carbonyl (C=O) groups excluding carboxylic acids is 1. The first-order chi connectivity index (χ1) is 10.1. The molecule has 9 nitrogen and oxygen atoms in total. The number of rotatable bonds is 6. The molecule has 0 saturated heterocycles. The van der Waals surface area contributed by atoms with E-state index >= 15 is 0 Å². The molecular formula is C12H14N4O5. The van der Waals surface area contributed by atoms with E-state index in [1.807, 2.05) is 11.8 Å². The van der Waals surface area contributed by atoms with E-state index in [1.54, 1.807) is 6.07 Å². The molecule has 0 spiro atoms. The van der Waals surface area contributed by atoms with Crippen molar-refractivity contribution in [3.63, 3.8) is 0 Å². The van der Waals surface area contributed by atoms with Gasteiger partial charge in [-0.2, -0.15) is 0 Å². The first kappa shape index (κ1) is 14.7. The Balaban J connectivity index is 2.36. The third kappa shape index (κ3) is 2.91. The highest BCUT2D eigenvalue weighted by atomic mass is 16.6. The first-order valence-electron chi connectivity index (χ1n) is 6.30. The summed E-state index contributed by atoms with van der Waals surface area (Å²) in [5, 5.41) is 18.3. The second-order valence-electron chi connectivity index (χ2n) is 4.23. The number of esters is 1. The average Bonchev–Trinajstić information content (AvgIpc) is 2.96. The van der Waals surface area contributed by atoms with E-state index in [2.05, 4.69) is 19.7 Å². The number of nitro groups is 1. The fraction of sp³-hybridized carbons (Fsp3) is 0.417. The van der Waals surface area contributed by atoms with E-state index in [9.17, 15) is 14.9 Å². The molecule has 0 unspecified atom stereocenters. The Labute approximate surface area is 119 Å². The SMILES string of the molecule is CCN(CCC(=O)OC)c1ccc([N+](=O)[O-])c2nonc12. The molecule has 1 aromatic heterocycles. The lowest BCUT2D eigenvalue weighted by Crippen LogP contribution is -2.26. The molecule has 1 heterocycles. The molecule has 9 heteroatoms. The fourth-order valence-electron chi connectivity index (χ4n) is 2.02. The van der Waals surface area contributed by atoms with Crippen LogP contribution in [0.5, 0.6) is 0 Å². The summed E-state index contributed by atoms with van der Waals surface area (Å²) in [6.07, 6.45) is 0.202. The molecule has 0 amide bonds. The molecule has 112 valence electrons. The van der Waals surface area contributed by atoms with Gasteiger partial charge in [-0.1, -0.05) is 0 Å². The third-order valence-corrected chi connectivity index (χ3v) is 3.11. The van der Waals surface area contributed by atoms with Gasteiger partial charge in [0.2, 0.25) is 5.52 Å². The van der Waals surface area contributed by atoms with Crippen LogP contribution in [0.15, 0.2) is 16.8 Å². The van der Waals surface area contributed by atoms with Crippen LogP contribution in [0.25, 0.3) is 11.0 Å². The van der Waals surface area contributed by atoms with Crippen molar-refractivity contribution in [3.8, 4) is 0 Å². The molecule has 0 N–H and O–H groups in total. The summed E-state index contributed by atoms with van der Waals surface area (Å²) in [5.41, 5.74) is 0.854. The maximum Gasteiger partial charge on any atom is 0.307 e. The van der Waals surface area contributed by atoms with Crippen molar-refractivity contribution in [2.75, 3.05) is 25.1 Å². The highest BCUT2D eigenvalue weighted by Crippen LogP contribution is 2.31. The van der Waals surface area contributed by atoms with Crippen LogP contribution in [0.3, 0.4) is 0 Å². The molecule has 2 rings (SSSR count). The number of nitrogens with zero attached hydrogens (tertiary/aromatic N) is 4. The quantitative estimate of drug-likeness (QED) is 0.448. The standard InChI is InChI=1S/C12H14N4O5/c1-3-15(7-6-10(17)20-2)8-4-5-9(16(18)19)12-11(8)13-21-14-12/h4-5H,3,6-7H2,1-2H3. The summed E-state index contributed by atoms with van der Waals surface area (Å²) in [7, 11) is 1.32. The Morgan fingerprint density at radius 2 is 2.14 bits per heavy atom. The molecule has 0 bridgehead atoms. The summed E-state index contributed by atoms with van der Waals surface area (Å²) >= 11 is 0. The second kappa shape index (κ2) is 6.16. The number of fused-ring (bicyclic) bond motifs is 1. The van der Waals surface area contributed by atoms with Crippen molar-refractivity contribution in [3.05, 3.63) is 22.2 Å². The molecule has 0 aliphatic heterocycles. The van der Waals surface area contributed by atoms with Crippen LogP contribution in [0.2, 0.25) is 0 Å². The minimum absolute atomic E-state index is 0.0917. The number of anilines is 1. The molecule has 21 heavy (non-hydrogen) atoms. The van der Waals surface area contributed by atoms with Gasteiger partial charge in [-0.05, 0) is 23.3 Å². The lowest BCUT2D eigenvalue weighted by atomic mass is 10.2. The van der Waals surface area contributed by atoms with Crippen molar-refractivity contribution < 1.29 is 19.1 Å². The fourth-order valence-corrected chi connectivity index (χ4v) is 2.02. The minimum atomic E-state index is -0.541. The number of non-ortho nitro benzene ring substituents is 1. The van der Waals surface area contributed by atoms with Gasteiger partial charge in [-0.15, -0.1) is 0 Å². The van der Waals surface area contributed by atoms with Crippen molar-refractivity contribution in [2.45, 2.75) is 13.3 Å². The highest BCUT2D eigenvalue weighted by molar-refractivity contribution is 5.93. The van der Waals surface area contributed by atoms with Crippen LogP contribution >= 0.6 is 0 Å². The number of hydrogen-bond donors (Lipinski definition) is 0. The normalized spacial score (nSPS) is 10.6. The zero-order chi connectivity index (χ0) is 15.4. The summed E-state index contributed by atoms with van der Waals surface area (Å²) in [6, 6.07) is 2.92. The van der Waals surface area contributed by atoms with E-state index in [0.717, 1.165) is 0 Å². The summed E-state index contributed by atoms with van der Waals surface area (Å²) < 4.78 is 9.22. The van der Waals surface area contributed by atoms with E-state index in [-0.39, 0.29) is 23.6 Å². The molecule has 0 radical (unpaired) electrons. The Kier molecular flexibility index (Phi) is 4.31. The van der Waals surface area contributed by atoms with E-state index in [4.69, 9.17) is 0 Å². The number of benzene rings is 1. The number of aromatic nitrogens is 2. The van der Waals surface area contributed by atoms with Gasteiger partial charge in [0, 0.05) is 19.2 Å². The molecule has 0 saturated carbocycles. The van der Waals surface area contributed by atoms with Crippen LogP contribution in [0.4, 0.5) is 11.4 Å². The van der Waals surface area contributed by atoms with E-state index in [0.29, 0.717) is 24.3 Å². The zero-order valence-electron chi connectivity index (χ0n) is 11.6. The zero-order valence-corrected chi connectivity index (χ0v) is 11.6. The maximum absolute atomic E-state index is 11.2. The van der Waals surface area contributed by atoms with Gasteiger partial charge in [0.15, 0.2) is 5.52 Å². The van der Waals surface area contributed by atoms with Crippen LogP contribution in [-0.4, -0.2) is 41.4 Å². The van der Waals surface area contributed by atoms with Crippen molar-refractivity contribution in [1.29, 1.82) is 0 Å². The van der Waals surface area contributed by atoms with Crippen LogP contribution in [0.1, 0.15) is 13.3 Å². The Bertz CT molecular complexity index is 669. The summed E-state index contributed by atoms with van der Waals surface area (Å²) in [4.78, 5) is 23.5. The molecule has 0 fully saturated rings. The number of carbonyl (C=O) groups is 1. The predicted molar refractivity (Wildman–Crippen MR) is 73.0 cm³/mol. The molecule has 0 atom stereocenters. The van der Waals surface area contributed by atoms with Crippen molar-refractivity contribution in [1.82, 2.24) is 10.3 Å². The molecule has 1 aromatic carbocycles. The van der Waals surface area contributed by atoms with Gasteiger partial charge in [0.1, 0.15) is 0 Å². The van der Waals surface area contributed by atoms with Gasteiger partial charge in [0.25, 0.3) is 0 Å². The van der Waals surface area contributed by atoms with Gasteiger partial charge in [-0.25, -0.2) is 4.63 Å². The van der Waals surface area contributed by atoms with Crippen molar-refractivity contribution >= 4 is 28.4 Å². The first-order valence-corrected chi connectivity index (χ1v) is 6.30. The van der Waals surface area contributed by atoms with E-state index < -0.39 is 4.92 Å². The Morgan fingerprint density at radius 3 is 2.76 bits per heavy atom. The number of hydrogen-bond acceptors (Lipinski definition) is 8. The lowest BCUT2D eigenvalue weighted by Gasteiger charge is -2.22. The molecule has 0 aliphatic rings. The topological polar surface area (TPSA) is 112 Å². The van der Waals surface area contributed by atoms with E-state index in [1.165, 1.54) is 13.2 Å². The number of ether oxygens (including phenoxy) is 1. The highest BCUT2D eigenvalue weighted by Gasteiger charge is 2.22. The molecule has 0 aliphatic carbocycles. The largest absolute Gasteiger partial charge is 0.469 e. The molecule has 2 aromatic rings. The number of nitro benzene ring substituents is 1. The molecular weight excluding hydrogens is 280 g/mol. The lowest BCUT2D eigenvalue weighted by molar-refractivity contribution is -0.383. The number of methoxy groups -OCH3 is 1. The third-order valence-electron chi connectivity index (χ3n) is 3.11. The summed E-state index contributed by atoms with van der Waals surface area (Å²) in [6.45, 7) is 2.90. The van der Waals surface area contributed by atoms with Gasteiger partial charge < -0.3 is 9.64 Å². The van der Waals surface area contributed by atoms with Crippen LogP contribution < -0.4 is 4.90 Å². The Hall–Kier alpha value is -2.71. The Morgan fingerprint density at radius 1 is 1.43 bits per heavy atom. The van der Waals surface area contributed by atoms with Crippen molar-refractivity contribution in [2.24, 2.45) is 0 Å². The monoisotopic (exact) mass is 294 g/mol. The predicted octanol–water partition coefficient (Wildman–Crippen LogP) is 1.52. The van der Waals surface area contributed by atoms with Crippen LogP contribution in [0, 0.1) is 10.1 Å². The second-order valence-corrected chi connectivity index (χ2v) is 4.23. The smallest absolute Gasteiger partial charge is 0.307 e. The maximum atomic E-state index is 11.2. The minimum Gasteiger partial charge on any atom is -0.469 e. The summed E-state index contributed by atoms with van der Waals surface area (Å²) in [5.74, 6) is -0.329. The van der Waals surface area contributed by atoms with Gasteiger partial charge in [-0.3, -0.25) is 14.9 Å². The van der Waals surface area contributed by atoms with Gasteiger partial charge >= 0.3 is 11.7 Å². The average molecular weight is 294 g/mol.